The van der Waals surface area contributed by atoms with Crippen LogP contribution in [0, 0.1) is 0 Å². The average Bonchev–Trinajstić information content (AvgIpc) is 2.83. The number of pyridine rings is 1. The van der Waals surface area contributed by atoms with Crippen molar-refractivity contribution in [1.29, 1.82) is 0 Å². The first-order valence-electron chi connectivity index (χ1n) is 9.59. The number of anilines is 1. The third-order valence-electron chi connectivity index (χ3n) is 5.49. The van der Waals surface area contributed by atoms with Crippen LogP contribution in [0.15, 0.2) is 18.3 Å². The number of hydrogen-bond donors (Lipinski definition) is 1. The molecule has 2 aliphatic rings. The van der Waals surface area contributed by atoms with Gasteiger partial charge in [-0.3, -0.25) is 10.5 Å². The minimum Gasteiger partial charge on any atom is -0.399 e. The summed E-state index contributed by atoms with van der Waals surface area (Å²) in [6.45, 7) is 10.1. The molecule has 10 heteroatoms. The van der Waals surface area contributed by atoms with Gasteiger partial charge in [0.25, 0.3) is 0 Å². The van der Waals surface area contributed by atoms with E-state index in [-0.39, 0.29) is 13.5 Å². The monoisotopic (exact) mass is 440 g/mol. The lowest BCUT2D eigenvalue weighted by Crippen LogP contribution is -2.41. The van der Waals surface area contributed by atoms with Crippen molar-refractivity contribution < 1.29 is 13.6 Å². The Morgan fingerprint density at radius 3 is 2.45 bits per heavy atom. The molecular formula is C19H33BN4O3S2. The van der Waals surface area contributed by atoms with Crippen molar-refractivity contribution in [2.75, 3.05) is 39.7 Å². The van der Waals surface area contributed by atoms with Crippen molar-refractivity contribution in [3.05, 3.63) is 24.0 Å². The quantitative estimate of drug-likeness (QED) is 0.314. The summed E-state index contributed by atoms with van der Waals surface area (Å²) >= 11 is 1.22. The molecular weight excluding hydrogens is 407 g/mol. The largest absolute Gasteiger partial charge is 0.496 e. The molecule has 2 aliphatic heterocycles. The Hall–Kier alpha value is -0.745. The molecule has 0 atom stereocenters. The molecule has 0 aromatic carbocycles. The summed E-state index contributed by atoms with van der Waals surface area (Å²) in [4.78, 5) is 7.04. The van der Waals surface area contributed by atoms with E-state index < -0.39 is 18.3 Å². The van der Waals surface area contributed by atoms with Crippen LogP contribution in [0.1, 0.15) is 39.8 Å². The maximum Gasteiger partial charge on any atom is 0.496 e. The first-order valence-corrected chi connectivity index (χ1v) is 10.3. The molecule has 1 N–H and O–H groups in total. The zero-order chi connectivity index (χ0) is 20.5. The summed E-state index contributed by atoms with van der Waals surface area (Å²) in [6.07, 6.45) is 5.03. The predicted molar refractivity (Wildman–Crippen MR) is 126 cm³/mol. The fourth-order valence-electron chi connectivity index (χ4n) is 3.05. The Bertz CT molecular complexity index is 730. The lowest BCUT2D eigenvalue weighted by molar-refractivity contribution is 0.00578. The molecule has 1 aromatic heterocycles. The smallest absolute Gasteiger partial charge is 0.399 e. The fraction of sp³-hybridized carbons (Fsp3) is 0.632. The molecule has 0 saturated carbocycles. The van der Waals surface area contributed by atoms with Crippen LogP contribution in [-0.2, 0) is 13.6 Å². The molecule has 7 nitrogen and oxygen atoms in total. The lowest BCUT2D eigenvalue weighted by Gasteiger charge is -2.32. The van der Waals surface area contributed by atoms with Gasteiger partial charge in [-0.2, -0.15) is 17.8 Å². The van der Waals surface area contributed by atoms with Gasteiger partial charge in [0, 0.05) is 24.7 Å². The van der Waals surface area contributed by atoms with E-state index in [0.717, 1.165) is 36.4 Å². The summed E-state index contributed by atoms with van der Waals surface area (Å²) in [6, 6.07) is 2.01. The Labute approximate surface area is 186 Å². The van der Waals surface area contributed by atoms with Gasteiger partial charge in [-0.25, -0.2) is 4.31 Å². The second-order valence-corrected chi connectivity index (χ2v) is 9.61. The SMILES string of the molecule is CN1CC=C(c2ncc(B3OC(C)(C)C(C)(C)O3)cc2NOSN(C)C)CC1.S. The first kappa shape index (κ1) is 24.5. The van der Waals surface area contributed by atoms with Gasteiger partial charge >= 0.3 is 7.12 Å². The molecule has 0 bridgehead atoms. The van der Waals surface area contributed by atoms with Crippen LogP contribution in [0.3, 0.4) is 0 Å². The number of likely N-dealkylation sites (N-methyl/N-ethyl adjacent to an activating group) is 1. The van der Waals surface area contributed by atoms with E-state index in [1.807, 2.05) is 58.4 Å². The van der Waals surface area contributed by atoms with Crippen molar-refractivity contribution in [2.45, 2.75) is 45.3 Å². The number of rotatable bonds is 6. The Morgan fingerprint density at radius 1 is 1.24 bits per heavy atom. The van der Waals surface area contributed by atoms with Crippen LogP contribution in [-0.4, -0.2) is 66.7 Å². The van der Waals surface area contributed by atoms with E-state index in [0.29, 0.717) is 0 Å². The second-order valence-electron chi connectivity index (χ2n) is 8.57. The van der Waals surface area contributed by atoms with Crippen LogP contribution in [0.4, 0.5) is 5.69 Å². The second kappa shape index (κ2) is 9.59. The van der Waals surface area contributed by atoms with E-state index in [1.54, 1.807) is 0 Å². The van der Waals surface area contributed by atoms with E-state index >= 15 is 0 Å². The van der Waals surface area contributed by atoms with Gasteiger partial charge < -0.3 is 14.2 Å². The van der Waals surface area contributed by atoms with Crippen LogP contribution >= 0.6 is 25.7 Å². The van der Waals surface area contributed by atoms with Crippen molar-refractivity contribution in [3.63, 3.8) is 0 Å². The average molecular weight is 440 g/mol. The molecule has 0 amide bonds. The van der Waals surface area contributed by atoms with E-state index in [9.17, 15) is 0 Å². The fourth-order valence-corrected chi connectivity index (χ4v) is 3.32. The van der Waals surface area contributed by atoms with Crippen LogP contribution in [0.5, 0.6) is 0 Å². The van der Waals surface area contributed by atoms with Gasteiger partial charge in [0.2, 0.25) is 0 Å². The summed E-state index contributed by atoms with van der Waals surface area (Å²) in [7, 11) is 5.51. The van der Waals surface area contributed by atoms with Crippen molar-refractivity contribution in [2.24, 2.45) is 0 Å². The Kier molecular flexibility index (Phi) is 8.11. The predicted octanol–water partition coefficient (Wildman–Crippen LogP) is 2.68. The molecule has 1 fully saturated rings. The normalized spacial score (nSPS) is 21.1. The van der Waals surface area contributed by atoms with E-state index in [1.165, 1.54) is 17.8 Å². The maximum atomic E-state index is 6.18. The topological polar surface area (TPSA) is 59.1 Å². The third-order valence-corrected chi connectivity index (χ3v) is 5.94. The number of nitrogens with one attached hydrogen (secondary N) is 1. The molecule has 0 spiro atoms. The van der Waals surface area contributed by atoms with Gasteiger partial charge in [0.05, 0.1) is 22.6 Å². The molecule has 0 unspecified atom stereocenters. The number of aromatic nitrogens is 1. The molecule has 162 valence electrons. The van der Waals surface area contributed by atoms with Crippen LogP contribution in [0.2, 0.25) is 0 Å². The lowest BCUT2D eigenvalue weighted by atomic mass is 9.79. The van der Waals surface area contributed by atoms with Gasteiger partial charge in [0.15, 0.2) is 0 Å². The highest BCUT2D eigenvalue weighted by Crippen LogP contribution is 2.37. The van der Waals surface area contributed by atoms with E-state index in [4.69, 9.17) is 18.6 Å². The maximum absolute atomic E-state index is 6.18. The molecule has 3 rings (SSSR count). The zero-order valence-electron chi connectivity index (χ0n) is 18.4. The molecule has 3 heterocycles. The van der Waals surface area contributed by atoms with Crippen molar-refractivity contribution >= 4 is 49.6 Å². The highest BCUT2D eigenvalue weighted by Gasteiger charge is 2.52. The highest BCUT2D eigenvalue weighted by molar-refractivity contribution is 7.92. The molecule has 1 aromatic rings. The third kappa shape index (κ3) is 5.69. The van der Waals surface area contributed by atoms with Crippen molar-refractivity contribution in [3.8, 4) is 0 Å². The minimum atomic E-state index is -0.458. The molecule has 0 aliphatic carbocycles. The molecule has 29 heavy (non-hydrogen) atoms. The van der Waals surface area contributed by atoms with E-state index in [2.05, 4.69) is 23.5 Å². The van der Waals surface area contributed by atoms with Crippen LogP contribution in [0.25, 0.3) is 5.57 Å². The van der Waals surface area contributed by atoms with Crippen LogP contribution < -0.4 is 10.9 Å². The van der Waals surface area contributed by atoms with Crippen molar-refractivity contribution in [1.82, 2.24) is 14.2 Å². The van der Waals surface area contributed by atoms with Gasteiger partial charge in [-0.05, 0) is 66.9 Å². The summed E-state index contributed by atoms with van der Waals surface area (Å²) in [5.74, 6) is 0. The minimum absolute atomic E-state index is 0. The number of nitrogens with zero attached hydrogens (tertiary/aromatic N) is 3. The molecule has 1 saturated heterocycles. The summed E-state index contributed by atoms with van der Waals surface area (Å²) in [5, 5.41) is 0. The van der Waals surface area contributed by atoms with Gasteiger partial charge in [0.1, 0.15) is 12.2 Å². The zero-order valence-corrected chi connectivity index (χ0v) is 20.2. The Morgan fingerprint density at radius 2 is 1.90 bits per heavy atom. The summed E-state index contributed by atoms with van der Waals surface area (Å²) in [5.41, 5.74) is 6.09. The summed E-state index contributed by atoms with van der Waals surface area (Å²) < 4.78 is 19.8. The van der Waals surface area contributed by atoms with Gasteiger partial charge in [-0.1, -0.05) is 6.08 Å². The highest BCUT2D eigenvalue weighted by atomic mass is 32.2. The Balaban J connectivity index is 0.00000300. The number of hydrogen-bond acceptors (Lipinski definition) is 8. The standard InChI is InChI=1S/C19H31BN4O3S.H2S/c1-18(2)19(3,4)26-20(25-18)15-12-16(22-27-28-23(5)6)17(21-13-15)14-8-10-24(7)11-9-14;/h8,12-13,22H,9-11H2,1-7H3;1H2. The molecule has 0 radical (unpaired) electrons. The van der Waals surface area contributed by atoms with Gasteiger partial charge in [-0.15, -0.1) is 0 Å². The first-order chi connectivity index (χ1) is 13.1.